The summed E-state index contributed by atoms with van der Waals surface area (Å²) in [5.74, 6) is 0.622. The van der Waals surface area contributed by atoms with Crippen LogP contribution in [0.3, 0.4) is 0 Å². The van der Waals surface area contributed by atoms with Crippen molar-refractivity contribution in [2.45, 2.75) is 39.7 Å². The van der Waals surface area contributed by atoms with Crippen LogP contribution in [-0.4, -0.2) is 29.9 Å². The van der Waals surface area contributed by atoms with E-state index in [9.17, 15) is 4.79 Å². The summed E-state index contributed by atoms with van der Waals surface area (Å²) in [7, 11) is 0. The zero-order chi connectivity index (χ0) is 13.3. The minimum absolute atomic E-state index is 0.139. The van der Waals surface area contributed by atoms with Gasteiger partial charge < -0.3 is 10.2 Å². The second-order valence-corrected chi connectivity index (χ2v) is 5.48. The van der Waals surface area contributed by atoms with Crippen LogP contribution in [0.4, 0.5) is 5.69 Å². The first-order valence-electron chi connectivity index (χ1n) is 6.69. The van der Waals surface area contributed by atoms with Gasteiger partial charge in [-0.2, -0.15) is 0 Å². The maximum absolute atomic E-state index is 12.4. The van der Waals surface area contributed by atoms with Crippen LogP contribution in [0.5, 0.6) is 0 Å². The van der Waals surface area contributed by atoms with Gasteiger partial charge >= 0.3 is 0 Å². The Balaban J connectivity index is 2.39. The van der Waals surface area contributed by atoms with Crippen LogP contribution >= 0.6 is 0 Å². The first-order valence-corrected chi connectivity index (χ1v) is 6.69. The standard InChI is InChI=1S/C15H22N2O/c1-10(2)12-5-6-13-14(9-12)16-7-8-17(11(3)4)15(13)18/h5-6,9-11,16H,7-8H2,1-4H3. The van der Waals surface area contributed by atoms with E-state index in [1.165, 1.54) is 5.56 Å². The van der Waals surface area contributed by atoms with E-state index in [0.29, 0.717) is 5.92 Å². The van der Waals surface area contributed by atoms with Crippen LogP contribution in [0, 0.1) is 0 Å². The molecule has 1 amide bonds. The van der Waals surface area contributed by atoms with E-state index in [1.807, 2.05) is 11.0 Å². The van der Waals surface area contributed by atoms with E-state index >= 15 is 0 Å². The first-order chi connectivity index (χ1) is 8.50. The molecule has 2 rings (SSSR count). The highest BCUT2D eigenvalue weighted by Gasteiger charge is 2.24. The number of hydrogen-bond donors (Lipinski definition) is 1. The number of carbonyl (C=O) groups excluding carboxylic acids is 1. The summed E-state index contributed by atoms with van der Waals surface area (Å²) in [6, 6.07) is 6.38. The average molecular weight is 246 g/mol. The van der Waals surface area contributed by atoms with Gasteiger partial charge in [-0.15, -0.1) is 0 Å². The normalized spacial score (nSPS) is 15.7. The molecule has 0 radical (unpaired) electrons. The van der Waals surface area contributed by atoms with Crippen molar-refractivity contribution >= 4 is 11.6 Å². The number of nitrogens with one attached hydrogen (secondary N) is 1. The van der Waals surface area contributed by atoms with Crippen LogP contribution in [0.25, 0.3) is 0 Å². The van der Waals surface area contributed by atoms with Gasteiger partial charge in [0.1, 0.15) is 0 Å². The molecule has 0 spiro atoms. The van der Waals surface area contributed by atoms with Crippen molar-refractivity contribution < 1.29 is 4.79 Å². The number of carbonyl (C=O) groups is 1. The van der Waals surface area contributed by atoms with E-state index in [-0.39, 0.29) is 11.9 Å². The fourth-order valence-corrected chi connectivity index (χ4v) is 2.31. The molecule has 0 aliphatic carbocycles. The van der Waals surface area contributed by atoms with Crippen LogP contribution in [0.1, 0.15) is 49.5 Å². The molecule has 0 unspecified atom stereocenters. The SMILES string of the molecule is CC(C)c1ccc2c(c1)NCCN(C(C)C)C2=O. The maximum Gasteiger partial charge on any atom is 0.256 e. The van der Waals surface area contributed by atoms with Crippen LogP contribution < -0.4 is 5.32 Å². The molecule has 3 nitrogen and oxygen atoms in total. The van der Waals surface area contributed by atoms with Crippen LogP contribution in [0.15, 0.2) is 18.2 Å². The van der Waals surface area contributed by atoms with Crippen molar-refractivity contribution in [3.63, 3.8) is 0 Å². The third-order valence-electron chi connectivity index (χ3n) is 3.49. The molecule has 0 fully saturated rings. The second kappa shape index (κ2) is 5.01. The quantitative estimate of drug-likeness (QED) is 0.869. The fourth-order valence-electron chi connectivity index (χ4n) is 2.31. The predicted molar refractivity (Wildman–Crippen MR) is 75.2 cm³/mol. The molecule has 1 aliphatic rings. The van der Waals surface area contributed by atoms with Gasteiger partial charge in [0.25, 0.3) is 5.91 Å². The highest BCUT2D eigenvalue weighted by molar-refractivity contribution is 6.00. The lowest BCUT2D eigenvalue weighted by molar-refractivity contribution is 0.0720. The van der Waals surface area contributed by atoms with Gasteiger partial charge in [0, 0.05) is 24.8 Å². The van der Waals surface area contributed by atoms with Gasteiger partial charge in [-0.3, -0.25) is 4.79 Å². The Kier molecular flexibility index (Phi) is 3.60. The van der Waals surface area contributed by atoms with Crippen molar-refractivity contribution in [2.75, 3.05) is 18.4 Å². The van der Waals surface area contributed by atoms with Crippen LogP contribution in [0.2, 0.25) is 0 Å². The number of anilines is 1. The lowest BCUT2D eigenvalue weighted by Gasteiger charge is -2.24. The molecule has 0 saturated heterocycles. The predicted octanol–water partition coefficient (Wildman–Crippen LogP) is 3.09. The molecule has 0 atom stereocenters. The van der Waals surface area contributed by atoms with Crippen molar-refractivity contribution in [2.24, 2.45) is 0 Å². The molecule has 18 heavy (non-hydrogen) atoms. The van der Waals surface area contributed by atoms with Gasteiger partial charge in [0.2, 0.25) is 0 Å². The molecule has 1 N–H and O–H groups in total. The van der Waals surface area contributed by atoms with Gasteiger partial charge in [-0.1, -0.05) is 19.9 Å². The van der Waals surface area contributed by atoms with E-state index in [2.05, 4.69) is 45.1 Å². The van der Waals surface area contributed by atoms with Gasteiger partial charge in [0.05, 0.1) is 5.56 Å². The Morgan fingerprint density at radius 3 is 2.56 bits per heavy atom. The monoisotopic (exact) mass is 246 g/mol. The Morgan fingerprint density at radius 1 is 1.22 bits per heavy atom. The zero-order valence-corrected chi connectivity index (χ0v) is 11.7. The van der Waals surface area contributed by atoms with Crippen LogP contribution in [-0.2, 0) is 0 Å². The number of hydrogen-bond acceptors (Lipinski definition) is 2. The molecule has 98 valence electrons. The zero-order valence-electron chi connectivity index (χ0n) is 11.7. The third-order valence-corrected chi connectivity index (χ3v) is 3.49. The Morgan fingerprint density at radius 2 is 1.94 bits per heavy atom. The number of rotatable bonds is 2. The van der Waals surface area contributed by atoms with Gasteiger partial charge in [-0.25, -0.2) is 0 Å². The third kappa shape index (κ3) is 2.35. The summed E-state index contributed by atoms with van der Waals surface area (Å²) < 4.78 is 0. The van der Waals surface area contributed by atoms with Crippen molar-refractivity contribution in [3.8, 4) is 0 Å². The molecule has 3 heteroatoms. The number of fused-ring (bicyclic) bond motifs is 1. The minimum Gasteiger partial charge on any atom is -0.383 e. The first kappa shape index (κ1) is 12.9. The van der Waals surface area contributed by atoms with E-state index in [0.717, 1.165) is 24.3 Å². The number of nitrogens with zero attached hydrogens (tertiary/aromatic N) is 1. The van der Waals surface area contributed by atoms with Gasteiger partial charge in [-0.05, 0) is 37.5 Å². The largest absolute Gasteiger partial charge is 0.383 e. The van der Waals surface area contributed by atoms with E-state index in [4.69, 9.17) is 0 Å². The molecule has 1 heterocycles. The van der Waals surface area contributed by atoms with Gasteiger partial charge in [0.15, 0.2) is 0 Å². The van der Waals surface area contributed by atoms with Crippen molar-refractivity contribution in [1.82, 2.24) is 4.90 Å². The smallest absolute Gasteiger partial charge is 0.256 e. The highest BCUT2D eigenvalue weighted by Crippen LogP contribution is 2.26. The summed E-state index contributed by atoms with van der Waals surface area (Å²) >= 11 is 0. The highest BCUT2D eigenvalue weighted by atomic mass is 16.2. The Labute approximate surface area is 109 Å². The summed E-state index contributed by atoms with van der Waals surface area (Å²) in [5, 5.41) is 3.37. The molecule has 1 aliphatic heterocycles. The molecule has 1 aromatic carbocycles. The lowest BCUT2D eigenvalue weighted by Crippen LogP contribution is -2.38. The molecule has 1 aromatic rings. The second-order valence-electron chi connectivity index (χ2n) is 5.48. The fraction of sp³-hybridized carbons (Fsp3) is 0.533. The lowest BCUT2D eigenvalue weighted by atomic mass is 9.99. The molecule has 0 saturated carbocycles. The average Bonchev–Trinajstić information content (AvgIpc) is 2.48. The minimum atomic E-state index is 0.139. The van der Waals surface area contributed by atoms with Crippen molar-refractivity contribution in [1.29, 1.82) is 0 Å². The van der Waals surface area contributed by atoms with Crippen molar-refractivity contribution in [3.05, 3.63) is 29.3 Å². The molecule has 0 aromatic heterocycles. The number of amides is 1. The topological polar surface area (TPSA) is 32.3 Å². The van der Waals surface area contributed by atoms with E-state index in [1.54, 1.807) is 0 Å². The number of benzene rings is 1. The molecular formula is C15H22N2O. The Hall–Kier alpha value is -1.51. The summed E-state index contributed by atoms with van der Waals surface area (Å²) in [6.07, 6.45) is 0. The Bertz CT molecular complexity index is 452. The molecular weight excluding hydrogens is 224 g/mol. The summed E-state index contributed by atoms with van der Waals surface area (Å²) in [5.41, 5.74) is 3.05. The maximum atomic E-state index is 12.4. The van der Waals surface area contributed by atoms with E-state index < -0.39 is 0 Å². The molecule has 0 bridgehead atoms. The summed E-state index contributed by atoms with van der Waals surface area (Å²) in [6.45, 7) is 10.0. The summed E-state index contributed by atoms with van der Waals surface area (Å²) in [4.78, 5) is 14.4.